The van der Waals surface area contributed by atoms with Gasteiger partial charge in [0, 0.05) is 18.2 Å². The molecule has 1 aliphatic heterocycles. The molecule has 5 nitrogen and oxygen atoms in total. The van der Waals surface area contributed by atoms with Gasteiger partial charge >= 0.3 is 0 Å². The number of amides is 1. The molecule has 3 rings (SSSR count). The van der Waals surface area contributed by atoms with Crippen LogP contribution in [0, 0.1) is 0 Å². The van der Waals surface area contributed by atoms with Crippen LogP contribution in [-0.4, -0.2) is 43.4 Å². The highest BCUT2D eigenvalue weighted by atomic mass is 32.2. The second kappa shape index (κ2) is 8.39. The zero-order valence-electron chi connectivity index (χ0n) is 15.1. The highest BCUT2D eigenvalue weighted by Gasteiger charge is 2.35. The van der Waals surface area contributed by atoms with Crippen molar-refractivity contribution in [3.05, 3.63) is 78.4 Å². The monoisotopic (exact) mass is 385 g/mol. The van der Waals surface area contributed by atoms with Crippen LogP contribution in [0.5, 0.6) is 5.75 Å². The molecule has 1 heterocycles. The highest BCUT2D eigenvalue weighted by molar-refractivity contribution is 7.91. The molecule has 1 saturated heterocycles. The van der Waals surface area contributed by atoms with Gasteiger partial charge in [0.05, 0.1) is 11.5 Å². The molecule has 1 amide bonds. The van der Waals surface area contributed by atoms with Gasteiger partial charge in [-0.15, -0.1) is 0 Å². The number of nitrogens with zero attached hydrogens (tertiary/aromatic N) is 1. The van der Waals surface area contributed by atoms with Crippen molar-refractivity contribution in [2.45, 2.75) is 19.0 Å². The van der Waals surface area contributed by atoms with E-state index in [1.54, 1.807) is 35.2 Å². The van der Waals surface area contributed by atoms with Crippen LogP contribution >= 0.6 is 0 Å². The van der Waals surface area contributed by atoms with Crippen molar-refractivity contribution in [1.82, 2.24) is 4.90 Å². The summed E-state index contributed by atoms with van der Waals surface area (Å²) in [5.41, 5.74) is 1.49. The minimum Gasteiger partial charge on any atom is -0.490 e. The average Bonchev–Trinajstić information content (AvgIpc) is 3.04. The summed E-state index contributed by atoms with van der Waals surface area (Å²) in [6.07, 6.45) is 2.13. The molecule has 1 atom stereocenters. The van der Waals surface area contributed by atoms with Crippen LogP contribution in [0.25, 0.3) is 0 Å². The Kier molecular flexibility index (Phi) is 5.96. The molecular weight excluding hydrogens is 362 g/mol. The predicted molar refractivity (Wildman–Crippen MR) is 106 cm³/mol. The van der Waals surface area contributed by atoms with E-state index in [0.717, 1.165) is 5.56 Å². The smallest absolute Gasteiger partial charge is 0.254 e. The third-order valence-electron chi connectivity index (χ3n) is 4.57. The Balaban J connectivity index is 1.82. The summed E-state index contributed by atoms with van der Waals surface area (Å²) in [4.78, 5) is 14.8. The normalized spacial score (nSPS) is 18.0. The largest absolute Gasteiger partial charge is 0.490 e. The quantitative estimate of drug-likeness (QED) is 0.687. The van der Waals surface area contributed by atoms with Crippen molar-refractivity contribution >= 4 is 15.7 Å². The third-order valence-corrected chi connectivity index (χ3v) is 6.33. The van der Waals surface area contributed by atoms with Crippen molar-refractivity contribution in [2.24, 2.45) is 0 Å². The van der Waals surface area contributed by atoms with Crippen LogP contribution in [-0.2, 0) is 16.4 Å². The Morgan fingerprint density at radius 1 is 1.15 bits per heavy atom. The minimum atomic E-state index is -3.09. The van der Waals surface area contributed by atoms with E-state index >= 15 is 0 Å². The Bertz CT molecular complexity index is 892. The Morgan fingerprint density at radius 3 is 2.44 bits per heavy atom. The van der Waals surface area contributed by atoms with E-state index in [1.165, 1.54) is 0 Å². The van der Waals surface area contributed by atoms with Crippen molar-refractivity contribution in [3.8, 4) is 5.75 Å². The van der Waals surface area contributed by atoms with Gasteiger partial charge < -0.3 is 9.64 Å². The molecular formula is C21H23NO4S. The SMILES string of the molecule is C=CCOc1ccc(C(=O)N(Cc2ccccc2)C2CCS(=O)(=O)C2)cc1. The molecule has 0 spiro atoms. The second-order valence-corrected chi connectivity index (χ2v) is 8.83. The first-order valence-electron chi connectivity index (χ1n) is 8.87. The Morgan fingerprint density at radius 2 is 1.85 bits per heavy atom. The lowest BCUT2D eigenvalue weighted by molar-refractivity contribution is 0.0681. The lowest BCUT2D eigenvalue weighted by Crippen LogP contribution is -2.40. The van der Waals surface area contributed by atoms with Crippen LogP contribution in [0.3, 0.4) is 0 Å². The Hall–Kier alpha value is -2.60. The van der Waals surface area contributed by atoms with E-state index < -0.39 is 9.84 Å². The van der Waals surface area contributed by atoms with Gasteiger partial charge in [0.2, 0.25) is 0 Å². The number of benzene rings is 2. The van der Waals surface area contributed by atoms with Gasteiger partial charge in [-0.3, -0.25) is 4.79 Å². The van der Waals surface area contributed by atoms with E-state index in [4.69, 9.17) is 4.74 Å². The van der Waals surface area contributed by atoms with Crippen LogP contribution < -0.4 is 4.74 Å². The molecule has 2 aromatic carbocycles. The third kappa shape index (κ3) is 4.98. The first kappa shape index (κ1) is 19.2. The van der Waals surface area contributed by atoms with Gasteiger partial charge in [-0.2, -0.15) is 0 Å². The molecule has 0 bridgehead atoms. The maximum atomic E-state index is 13.1. The molecule has 1 aliphatic rings. The lowest BCUT2D eigenvalue weighted by Gasteiger charge is -2.28. The van der Waals surface area contributed by atoms with Crippen molar-refractivity contribution in [3.63, 3.8) is 0 Å². The molecule has 0 N–H and O–H groups in total. The number of rotatable bonds is 7. The van der Waals surface area contributed by atoms with Crippen LogP contribution in [0.4, 0.5) is 0 Å². The van der Waals surface area contributed by atoms with Crippen molar-refractivity contribution in [2.75, 3.05) is 18.1 Å². The van der Waals surface area contributed by atoms with Gasteiger partial charge in [-0.05, 0) is 36.2 Å². The first-order valence-corrected chi connectivity index (χ1v) is 10.7. The van der Waals surface area contributed by atoms with E-state index in [-0.39, 0.29) is 23.5 Å². The molecule has 0 aromatic heterocycles. The fraction of sp³-hybridized carbons (Fsp3) is 0.286. The molecule has 27 heavy (non-hydrogen) atoms. The minimum absolute atomic E-state index is 0.0199. The van der Waals surface area contributed by atoms with E-state index in [9.17, 15) is 13.2 Å². The molecule has 0 saturated carbocycles. The summed E-state index contributed by atoms with van der Waals surface area (Å²) in [5, 5.41) is 0. The highest BCUT2D eigenvalue weighted by Crippen LogP contribution is 2.23. The number of carbonyl (C=O) groups is 1. The van der Waals surface area contributed by atoms with Crippen LogP contribution in [0.15, 0.2) is 67.3 Å². The lowest BCUT2D eigenvalue weighted by atomic mass is 10.1. The summed E-state index contributed by atoms with van der Waals surface area (Å²) in [7, 11) is -3.09. The molecule has 0 radical (unpaired) electrons. The number of carbonyl (C=O) groups excluding carboxylic acids is 1. The van der Waals surface area contributed by atoms with Crippen LogP contribution in [0.2, 0.25) is 0 Å². The fourth-order valence-corrected chi connectivity index (χ4v) is 4.91. The van der Waals surface area contributed by atoms with Gasteiger partial charge in [0.15, 0.2) is 9.84 Å². The van der Waals surface area contributed by atoms with Gasteiger partial charge in [0.1, 0.15) is 12.4 Å². The van der Waals surface area contributed by atoms with E-state index in [2.05, 4.69) is 6.58 Å². The van der Waals surface area contributed by atoms with Gasteiger partial charge in [-0.1, -0.05) is 43.0 Å². The van der Waals surface area contributed by atoms with Gasteiger partial charge in [-0.25, -0.2) is 8.42 Å². The second-order valence-electron chi connectivity index (χ2n) is 6.60. The molecule has 6 heteroatoms. The van der Waals surface area contributed by atoms with E-state index in [0.29, 0.717) is 30.9 Å². The summed E-state index contributed by atoms with van der Waals surface area (Å²) >= 11 is 0. The topological polar surface area (TPSA) is 63.7 Å². The summed E-state index contributed by atoms with van der Waals surface area (Å²) in [6, 6.07) is 16.2. The number of hydrogen-bond donors (Lipinski definition) is 0. The molecule has 1 unspecified atom stereocenters. The number of sulfone groups is 1. The van der Waals surface area contributed by atoms with Crippen molar-refractivity contribution < 1.29 is 17.9 Å². The molecule has 142 valence electrons. The zero-order valence-corrected chi connectivity index (χ0v) is 15.9. The average molecular weight is 385 g/mol. The molecule has 1 fully saturated rings. The van der Waals surface area contributed by atoms with E-state index in [1.807, 2.05) is 30.3 Å². The predicted octanol–water partition coefficient (Wildman–Crippen LogP) is 3.08. The molecule has 0 aliphatic carbocycles. The van der Waals surface area contributed by atoms with Crippen LogP contribution in [0.1, 0.15) is 22.3 Å². The summed E-state index contributed by atoms with van der Waals surface area (Å²) < 4.78 is 29.3. The maximum absolute atomic E-state index is 13.1. The Labute approximate surface area is 160 Å². The molecule has 2 aromatic rings. The zero-order chi connectivity index (χ0) is 19.3. The maximum Gasteiger partial charge on any atom is 0.254 e. The summed E-state index contributed by atoms with van der Waals surface area (Å²) in [6.45, 7) is 4.39. The number of hydrogen-bond acceptors (Lipinski definition) is 4. The number of ether oxygens (including phenoxy) is 1. The first-order chi connectivity index (χ1) is 13.0. The van der Waals surface area contributed by atoms with Gasteiger partial charge in [0.25, 0.3) is 5.91 Å². The standard InChI is InChI=1S/C21H23NO4S/c1-2-13-26-20-10-8-18(9-11-20)21(23)22(15-17-6-4-3-5-7-17)19-12-14-27(24,25)16-19/h2-11,19H,1,12-16H2. The summed E-state index contributed by atoms with van der Waals surface area (Å²) in [5.74, 6) is 0.636. The fourth-order valence-electron chi connectivity index (χ4n) is 3.18. The van der Waals surface area contributed by atoms with Crippen molar-refractivity contribution in [1.29, 1.82) is 0 Å².